The number of urea groups is 1. The Bertz CT molecular complexity index is 985. The lowest BCUT2D eigenvalue weighted by atomic mass is 9.92. The molecule has 0 aromatic heterocycles. The molecule has 1 saturated heterocycles. The summed E-state index contributed by atoms with van der Waals surface area (Å²) in [5.41, 5.74) is 0.0220. The van der Waals surface area contributed by atoms with Crippen LogP contribution in [0.15, 0.2) is 48.5 Å². The minimum atomic E-state index is -1.23. The highest BCUT2D eigenvalue weighted by Crippen LogP contribution is 2.30. The summed E-state index contributed by atoms with van der Waals surface area (Å²) in [6.45, 7) is 1.46. The molecule has 2 aromatic rings. The molecule has 142 valence electrons. The molecule has 0 aliphatic carbocycles. The standard InChI is InChI=1S/C20H16ClN3O4/c1-20(12-6-8-13(21)9-7-12)18(27)24(19(28)22-20)11-10-23-16(25)14-4-2-3-5-15(14)17(23)26/h2-9H,10-11H2,1H3,(H,22,28)/t20-/m0/s1. The molecule has 5 amide bonds. The number of rotatable bonds is 4. The van der Waals surface area contributed by atoms with Gasteiger partial charge in [-0.05, 0) is 36.8 Å². The van der Waals surface area contributed by atoms with Crippen LogP contribution in [0, 0.1) is 0 Å². The Morgan fingerprint density at radius 2 is 1.39 bits per heavy atom. The number of amides is 5. The molecule has 8 heteroatoms. The maximum Gasteiger partial charge on any atom is 0.325 e. The summed E-state index contributed by atoms with van der Waals surface area (Å²) in [5.74, 6) is -1.29. The molecule has 0 radical (unpaired) electrons. The minimum Gasteiger partial charge on any atom is -0.319 e. The van der Waals surface area contributed by atoms with Crippen LogP contribution in [0.1, 0.15) is 33.2 Å². The number of nitrogens with zero attached hydrogens (tertiary/aromatic N) is 2. The zero-order valence-corrected chi connectivity index (χ0v) is 15.7. The Hall–Kier alpha value is -3.19. The van der Waals surface area contributed by atoms with Crippen molar-refractivity contribution in [2.75, 3.05) is 13.1 Å². The van der Waals surface area contributed by atoms with E-state index in [2.05, 4.69) is 5.32 Å². The summed E-state index contributed by atoms with van der Waals surface area (Å²) in [6, 6.07) is 12.6. The molecule has 2 heterocycles. The molecule has 2 aliphatic rings. The Kier molecular flexibility index (Phi) is 4.19. The van der Waals surface area contributed by atoms with Gasteiger partial charge in [-0.15, -0.1) is 0 Å². The van der Waals surface area contributed by atoms with E-state index in [4.69, 9.17) is 11.6 Å². The minimum absolute atomic E-state index is 0.0673. The maximum atomic E-state index is 12.9. The van der Waals surface area contributed by atoms with Gasteiger partial charge in [0, 0.05) is 18.1 Å². The number of benzene rings is 2. The van der Waals surface area contributed by atoms with Crippen molar-refractivity contribution in [1.29, 1.82) is 0 Å². The summed E-state index contributed by atoms with van der Waals surface area (Å²) >= 11 is 5.89. The second-order valence-electron chi connectivity index (χ2n) is 6.83. The lowest BCUT2D eigenvalue weighted by Gasteiger charge is -2.23. The van der Waals surface area contributed by atoms with Crippen molar-refractivity contribution < 1.29 is 19.2 Å². The molecule has 0 unspecified atom stereocenters. The molecule has 2 aromatic carbocycles. The number of halogens is 1. The molecule has 28 heavy (non-hydrogen) atoms. The van der Waals surface area contributed by atoms with Crippen molar-refractivity contribution in [2.45, 2.75) is 12.5 Å². The number of carbonyl (C=O) groups excluding carboxylic acids is 4. The fourth-order valence-corrected chi connectivity index (χ4v) is 3.65. The average molecular weight is 398 g/mol. The van der Waals surface area contributed by atoms with Crippen LogP contribution in [0.25, 0.3) is 0 Å². The number of hydrogen-bond acceptors (Lipinski definition) is 4. The molecule has 1 fully saturated rings. The highest BCUT2D eigenvalue weighted by atomic mass is 35.5. The van der Waals surface area contributed by atoms with E-state index in [9.17, 15) is 19.2 Å². The van der Waals surface area contributed by atoms with Crippen molar-refractivity contribution in [3.8, 4) is 0 Å². The van der Waals surface area contributed by atoms with Crippen LogP contribution in [0.2, 0.25) is 5.02 Å². The molecule has 2 aliphatic heterocycles. The summed E-state index contributed by atoms with van der Waals surface area (Å²) in [6.07, 6.45) is 0. The Balaban J connectivity index is 1.51. The predicted molar refractivity (Wildman–Crippen MR) is 101 cm³/mol. The van der Waals surface area contributed by atoms with Crippen molar-refractivity contribution in [3.63, 3.8) is 0 Å². The molecular weight excluding hydrogens is 382 g/mol. The molecular formula is C20H16ClN3O4. The van der Waals surface area contributed by atoms with Gasteiger partial charge in [0.25, 0.3) is 17.7 Å². The third-order valence-electron chi connectivity index (χ3n) is 5.12. The van der Waals surface area contributed by atoms with Gasteiger partial charge in [0.1, 0.15) is 5.54 Å². The summed E-state index contributed by atoms with van der Waals surface area (Å²) in [4.78, 5) is 52.3. The highest BCUT2D eigenvalue weighted by Gasteiger charge is 2.49. The van der Waals surface area contributed by atoms with Gasteiger partial charge >= 0.3 is 6.03 Å². The van der Waals surface area contributed by atoms with Gasteiger partial charge in [0.2, 0.25) is 0 Å². The quantitative estimate of drug-likeness (QED) is 0.634. The topological polar surface area (TPSA) is 86.8 Å². The van der Waals surface area contributed by atoms with Crippen molar-refractivity contribution in [3.05, 3.63) is 70.2 Å². The zero-order chi connectivity index (χ0) is 20.1. The molecule has 1 atom stereocenters. The maximum absolute atomic E-state index is 12.9. The summed E-state index contributed by atoms with van der Waals surface area (Å²) in [5, 5.41) is 3.21. The number of hydrogen-bond donors (Lipinski definition) is 1. The van der Waals surface area contributed by atoms with Gasteiger partial charge < -0.3 is 5.32 Å². The van der Waals surface area contributed by atoms with Crippen LogP contribution >= 0.6 is 11.6 Å². The number of carbonyl (C=O) groups is 4. The van der Waals surface area contributed by atoms with Crippen LogP contribution < -0.4 is 5.32 Å². The third kappa shape index (κ3) is 2.66. The fraction of sp³-hybridized carbons (Fsp3) is 0.200. The van der Waals surface area contributed by atoms with Crippen molar-refractivity contribution in [2.24, 2.45) is 0 Å². The van der Waals surface area contributed by atoms with E-state index in [0.29, 0.717) is 21.7 Å². The van der Waals surface area contributed by atoms with E-state index in [0.717, 1.165) is 9.80 Å². The molecule has 0 spiro atoms. The van der Waals surface area contributed by atoms with Gasteiger partial charge in [-0.1, -0.05) is 35.9 Å². The monoisotopic (exact) mass is 397 g/mol. The second-order valence-corrected chi connectivity index (χ2v) is 7.26. The number of imide groups is 2. The normalized spacial score (nSPS) is 21.4. The van der Waals surface area contributed by atoms with Crippen LogP contribution in [-0.4, -0.2) is 46.6 Å². The van der Waals surface area contributed by atoms with Crippen molar-refractivity contribution in [1.82, 2.24) is 15.1 Å². The van der Waals surface area contributed by atoms with Gasteiger partial charge in [0.15, 0.2) is 0 Å². The molecule has 0 saturated carbocycles. The van der Waals surface area contributed by atoms with Crippen LogP contribution in [0.4, 0.5) is 4.79 Å². The molecule has 1 N–H and O–H groups in total. The molecule has 0 bridgehead atoms. The van der Waals surface area contributed by atoms with E-state index < -0.39 is 29.3 Å². The third-order valence-corrected chi connectivity index (χ3v) is 5.37. The lowest BCUT2D eigenvalue weighted by Crippen LogP contribution is -2.43. The molecule has 4 rings (SSSR count). The summed E-state index contributed by atoms with van der Waals surface area (Å²) < 4.78 is 0. The van der Waals surface area contributed by atoms with Crippen molar-refractivity contribution >= 4 is 35.4 Å². The second kappa shape index (κ2) is 6.45. The number of nitrogens with one attached hydrogen (secondary N) is 1. The van der Waals surface area contributed by atoms with Crippen LogP contribution in [-0.2, 0) is 10.3 Å². The van der Waals surface area contributed by atoms with Crippen LogP contribution in [0.5, 0.6) is 0 Å². The first-order chi connectivity index (χ1) is 13.3. The van der Waals surface area contributed by atoms with Crippen LogP contribution in [0.3, 0.4) is 0 Å². The Morgan fingerprint density at radius 1 is 0.857 bits per heavy atom. The van der Waals surface area contributed by atoms with Gasteiger partial charge in [-0.25, -0.2) is 4.79 Å². The first-order valence-corrected chi connectivity index (χ1v) is 9.06. The fourth-order valence-electron chi connectivity index (χ4n) is 3.52. The van der Waals surface area contributed by atoms with E-state index in [1.165, 1.54) is 0 Å². The lowest BCUT2D eigenvalue weighted by molar-refractivity contribution is -0.131. The highest BCUT2D eigenvalue weighted by molar-refractivity contribution is 6.30. The molecule has 7 nitrogen and oxygen atoms in total. The van der Waals surface area contributed by atoms with E-state index in [1.54, 1.807) is 55.5 Å². The van der Waals surface area contributed by atoms with Gasteiger partial charge in [-0.2, -0.15) is 0 Å². The largest absolute Gasteiger partial charge is 0.325 e. The average Bonchev–Trinajstić information content (AvgIpc) is 3.06. The van der Waals surface area contributed by atoms with E-state index in [1.807, 2.05) is 0 Å². The predicted octanol–water partition coefficient (Wildman–Crippen LogP) is 2.40. The summed E-state index contributed by atoms with van der Waals surface area (Å²) in [7, 11) is 0. The Labute approximate surface area is 165 Å². The van der Waals surface area contributed by atoms with Gasteiger partial charge in [0.05, 0.1) is 11.1 Å². The number of fused-ring (bicyclic) bond motifs is 1. The van der Waals surface area contributed by atoms with Gasteiger partial charge in [-0.3, -0.25) is 24.2 Å². The van der Waals surface area contributed by atoms with E-state index >= 15 is 0 Å². The SMILES string of the molecule is C[C@@]1(c2ccc(Cl)cc2)NC(=O)N(CCN2C(=O)c3ccccc3C2=O)C1=O. The smallest absolute Gasteiger partial charge is 0.319 e. The first kappa shape index (κ1) is 18.2. The van der Waals surface area contributed by atoms with E-state index in [-0.39, 0.29) is 13.1 Å². The first-order valence-electron chi connectivity index (χ1n) is 8.68. The zero-order valence-electron chi connectivity index (χ0n) is 14.9. The Morgan fingerprint density at radius 3 is 1.96 bits per heavy atom.